The summed E-state index contributed by atoms with van der Waals surface area (Å²) >= 11 is 16.9. The van der Waals surface area contributed by atoms with Crippen LogP contribution in [0.25, 0.3) is 0 Å². The van der Waals surface area contributed by atoms with Crippen molar-refractivity contribution in [2.45, 2.75) is 0 Å². The summed E-state index contributed by atoms with van der Waals surface area (Å²) in [6, 6.07) is 1.21. The Morgan fingerprint density at radius 1 is 1.33 bits per heavy atom. The van der Waals surface area contributed by atoms with Gasteiger partial charge in [-0.3, -0.25) is 0 Å². The van der Waals surface area contributed by atoms with Crippen molar-refractivity contribution in [2.24, 2.45) is 0 Å². The van der Waals surface area contributed by atoms with E-state index in [0.717, 1.165) is 0 Å². The molecule has 0 unspecified atom stereocenters. The third kappa shape index (κ3) is 2.81. The highest BCUT2D eigenvalue weighted by Crippen LogP contribution is 2.43. The Bertz CT molecular complexity index is 405. The Morgan fingerprint density at radius 2 is 1.93 bits per heavy atom. The molecule has 4 nitrogen and oxygen atoms in total. The minimum Gasteiger partial charge on any atom is -0.505 e. The molecule has 0 spiro atoms. The first-order chi connectivity index (χ1) is 6.93. The molecular weight excluding hydrogens is 266 g/mol. The summed E-state index contributed by atoms with van der Waals surface area (Å²) in [7, 11) is 0. The van der Waals surface area contributed by atoms with Gasteiger partial charge in [-0.1, -0.05) is 34.8 Å². The maximum Gasteiger partial charge on any atom is 0.341 e. The van der Waals surface area contributed by atoms with Crippen LogP contribution in [0.1, 0.15) is 0 Å². The van der Waals surface area contributed by atoms with Gasteiger partial charge in [-0.25, -0.2) is 4.79 Å². The second-order valence-electron chi connectivity index (χ2n) is 2.51. The topological polar surface area (TPSA) is 66.8 Å². The van der Waals surface area contributed by atoms with Gasteiger partial charge in [-0.05, 0) is 6.07 Å². The highest BCUT2D eigenvalue weighted by atomic mass is 35.5. The van der Waals surface area contributed by atoms with Crippen molar-refractivity contribution in [2.75, 3.05) is 6.61 Å². The van der Waals surface area contributed by atoms with E-state index >= 15 is 0 Å². The standard InChI is InChI=1S/C8H5Cl3O4/c9-3-1-4(10)8(6(11)7(3)14)15-2-5(12)13/h1,14H,2H2,(H,12,13). The Kier molecular flexibility index (Phi) is 3.90. The first-order valence-electron chi connectivity index (χ1n) is 3.64. The van der Waals surface area contributed by atoms with Gasteiger partial charge in [-0.15, -0.1) is 0 Å². The fourth-order valence-corrected chi connectivity index (χ4v) is 1.70. The maximum atomic E-state index is 10.2. The van der Waals surface area contributed by atoms with Crippen molar-refractivity contribution in [3.8, 4) is 11.5 Å². The van der Waals surface area contributed by atoms with Crippen LogP contribution in [0.2, 0.25) is 15.1 Å². The quantitative estimate of drug-likeness (QED) is 0.887. The van der Waals surface area contributed by atoms with Crippen molar-refractivity contribution in [3.63, 3.8) is 0 Å². The van der Waals surface area contributed by atoms with E-state index in [9.17, 15) is 9.90 Å². The van der Waals surface area contributed by atoms with Gasteiger partial charge in [0.1, 0.15) is 5.02 Å². The average molecular weight is 271 g/mol. The van der Waals surface area contributed by atoms with Gasteiger partial charge in [0.15, 0.2) is 18.1 Å². The average Bonchev–Trinajstić information content (AvgIpc) is 2.14. The normalized spacial score (nSPS) is 10.1. The number of halogens is 3. The van der Waals surface area contributed by atoms with Crippen molar-refractivity contribution < 1.29 is 19.7 Å². The molecule has 0 fully saturated rings. The summed E-state index contributed by atoms with van der Waals surface area (Å²) in [5.74, 6) is -1.69. The number of hydrogen-bond donors (Lipinski definition) is 2. The van der Waals surface area contributed by atoms with Crippen LogP contribution >= 0.6 is 34.8 Å². The molecule has 1 rings (SSSR count). The summed E-state index contributed by atoms with van der Waals surface area (Å²) in [5.41, 5.74) is 0. The zero-order chi connectivity index (χ0) is 11.6. The molecule has 2 N–H and O–H groups in total. The van der Waals surface area contributed by atoms with Crippen LogP contribution in [0.5, 0.6) is 11.5 Å². The third-order valence-electron chi connectivity index (χ3n) is 1.44. The zero-order valence-corrected chi connectivity index (χ0v) is 9.40. The molecule has 0 aromatic heterocycles. The summed E-state index contributed by atoms with van der Waals surface area (Å²) in [6.45, 7) is -0.611. The van der Waals surface area contributed by atoms with Crippen molar-refractivity contribution in [3.05, 3.63) is 21.1 Å². The minimum atomic E-state index is -1.18. The predicted molar refractivity (Wildman–Crippen MR) is 56.3 cm³/mol. The monoisotopic (exact) mass is 270 g/mol. The number of phenolic OH excluding ortho intramolecular Hbond substituents is 1. The summed E-state index contributed by atoms with van der Waals surface area (Å²) < 4.78 is 4.78. The molecule has 15 heavy (non-hydrogen) atoms. The smallest absolute Gasteiger partial charge is 0.341 e. The third-order valence-corrected chi connectivity index (χ3v) is 2.36. The van der Waals surface area contributed by atoms with Gasteiger partial charge in [0.2, 0.25) is 0 Å². The highest BCUT2D eigenvalue weighted by molar-refractivity contribution is 6.41. The van der Waals surface area contributed by atoms with E-state index in [1.165, 1.54) is 6.07 Å². The molecule has 0 heterocycles. The van der Waals surface area contributed by atoms with E-state index in [1.54, 1.807) is 0 Å². The molecule has 1 aromatic carbocycles. The Hall–Kier alpha value is -0.840. The van der Waals surface area contributed by atoms with Crippen LogP contribution in [0.3, 0.4) is 0 Å². The molecule has 0 saturated carbocycles. The van der Waals surface area contributed by atoms with Gasteiger partial charge < -0.3 is 14.9 Å². The summed E-state index contributed by atoms with van der Waals surface area (Å²) in [5, 5.41) is 17.5. The lowest BCUT2D eigenvalue weighted by Gasteiger charge is -2.09. The first-order valence-corrected chi connectivity index (χ1v) is 4.78. The van der Waals surface area contributed by atoms with Crippen LogP contribution in [0.4, 0.5) is 0 Å². The number of carboxylic acid groups (broad SMARTS) is 1. The second kappa shape index (κ2) is 4.79. The molecule has 82 valence electrons. The number of aromatic hydroxyl groups is 1. The maximum absolute atomic E-state index is 10.2. The molecular formula is C8H5Cl3O4. The molecule has 0 aliphatic rings. The number of hydrogen-bond acceptors (Lipinski definition) is 3. The van der Waals surface area contributed by atoms with Gasteiger partial charge in [0.25, 0.3) is 0 Å². The lowest BCUT2D eigenvalue weighted by Crippen LogP contribution is -2.09. The first kappa shape index (κ1) is 12.2. The van der Waals surface area contributed by atoms with E-state index in [0.29, 0.717) is 0 Å². The molecule has 0 bridgehead atoms. The Labute approximate surface area is 99.9 Å². The van der Waals surface area contributed by atoms with E-state index in [-0.39, 0.29) is 20.8 Å². The lowest BCUT2D eigenvalue weighted by atomic mass is 10.3. The van der Waals surface area contributed by atoms with E-state index in [4.69, 9.17) is 44.6 Å². The van der Waals surface area contributed by atoms with Gasteiger partial charge in [0, 0.05) is 0 Å². The number of ether oxygens (including phenoxy) is 1. The van der Waals surface area contributed by atoms with Crippen molar-refractivity contribution in [1.82, 2.24) is 0 Å². The molecule has 0 amide bonds. The van der Waals surface area contributed by atoms with E-state index < -0.39 is 18.3 Å². The number of benzene rings is 1. The Balaban J connectivity index is 3.07. The number of carbonyl (C=O) groups is 1. The summed E-state index contributed by atoms with van der Waals surface area (Å²) in [6.07, 6.45) is 0. The molecule has 7 heteroatoms. The van der Waals surface area contributed by atoms with Crippen LogP contribution in [-0.4, -0.2) is 22.8 Å². The van der Waals surface area contributed by atoms with E-state index in [2.05, 4.69) is 0 Å². The second-order valence-corrected chi connectivity index (χ2v) is 3.71. The minimum absolute atomic E-state index is 0.0315. The molecule has 0 atom stereocenters. The zero-order valence-electron chi connectivity index (χ0n) is 7.13. The number of phenols is 1. The lowest BCUT2D eigenvalue weighted by molar-refractivity contribution is -0.139. The Morgan fingerprint density at radius 3 is 2.47 bits per heavy atom. The SMILES string of the molecule is O=C(O)COc1c(Cl)cc(Cl)c(O)c1Cl. The van der Waals surface area contributed by atoms with Crippen LogP contribution in [0.15, 0.2) is 6.07 Å². The van der Waals surface area contributed by atoms with Gasteiger partial charge in [0.05, 0.1) is 10.0 Å². The fraction of sp³-hybridized carbons (Fsp3) is 0.125. The highest BCUT2D eigenvalue weighted by Gasteiger charge is 2.16. The van der Waals surface area contributed by atoms with Crippen LogP contribution in [0, 0.1) is 0 Å². The largest absolute Gasteiger partial charge is 0.505 e. The molecule has 0 saturated heterocycles. The fourth-order valence-electron chi connectivity index (χ4n) is 0.829. The van der Waals surface area contributed by atoms with Crippen LogP contribution in [-0.2, 0) is 4.79 Å². The summed E-state index contributed by atoms with van der Waals surface area (Å²) in [4.78, 5) is 10.2. The van der Waals surface area contributed by atoms with Gasteiger partial charge >= 0.3 is 5.97 Å². The molecule has 0 aliphatic heterocycles. The number of rotatable bonds is 3. The molecule has 0 aliphatic carbocycles. The predicted octanol–water partition coefficient (Wildman–Crippen LogP) is 2.82. The van der Waals surface area contributed by atoms with Gasteiger partial charge in [-0.2, -0.15) is 0 Å². The van der Waals surface area contributed by atoms with Crippen LogP contribution < -0.4 is 4.74 Å². The van der Waals surface area contributed by atoms with Crippen molar-refractivity contribution >= 4 is 40.8 Å². The number of carboxylic acids is 1. The van der Waals surface area contributed by atoms with E-state index in [1.807, 2.05) is 0 Å². The number of aliphatic carboxylic acids is 1. The van der Waals surface area contributed by atoms with Crippen molar-refractivity contribution in [1.29, 1.82) is 0 Å². The molecule has 1 aromatic rings. The molecule has 0 radical (unpaired) electrons.